The predicted molar refractivity (Wildman–Crippen MR) is 161 cm³/mol. The van der Waals surface area contributed by atoms with Crippen LogP contribution in [0.5, 0.6) is 0 Å². The number of carbonyl (C=O) groups is 2. The molecule has 202 valence electrons. The molecule has 0 aliphatic heterocycles. The quantitative estimate of drug-likeness (QED) is 0.225. The van der Waals surface area contributed by atoms with Crippen LogP contribution in [0.15, 0.2) is 66.7 Å². The molecule has 0 saturated carbocycles. The fourth-order valence-electron chi connectivity index (χ4n) is 3.82. The van der Waals surface area contributed by atoms with Crippen LogP contribution < -0.4 is 5.32 Å². The van der Waals surface area contributed by atoms with E-state index in [1.807, 2.05) is 50.2 Å². The Balaban J connectivity index is 1.91. The van der Waals surface area contributed by atoms with E-state index in [4.69, 9.17) is 46.4 Å². The Labute approximate surface area is 249 Å². The van der Waals surface area contributed by atoms with Crippen LogP contribution in [-0.4, -0.2) is 34.6 Å². The lowest BCUT2D eigenvalue weighted by atomic mass is 10.0. The molecule has 0 bridgehead atoms. The summed E-state index contributed by atoms with van der Waals surface area (Å²) in [4.78, 5) is 29.0. The third kappa shape index (κ3) is 8.82. The smallest absolute Gasteiger partial charge is 0.243 e. The van der Waals surface area contributed by atoms with Crippen LogP contribution in [0.2, 0.25) is 20.1 Å². The second-order valence-electron chi connectivity index (χ2n) is 8.97. The van der Waals surface area contributed by atoms with Crippen LogP contribution in [0.4, 0.5) is 0 Å². The molecule has 0 radical (unpaired) electrons. The van der Waals surface area contributed by atoms with Crippen molar-refractivity contribution < 1.29 is 9.59 Å². The lowest BCUT2D eigenvalue weighted by Crippen LogP contribution is -2.52. The largest absolute Gasteiger partial charge is 0.352 e. The van der Waals surface area contributed by atoms with E-state index in [0.717, 1.165) is 17.5 Å². The minimum absolute atomic E-state index is 0.0388. The number of benzene rings is 3. The molecule has 0 spiro atoms. The van der Waals surface area contributed by atoms with Crippen molar-refractivity contribution in [3.63, 3.8) is 0 Å². The van der Waals surface area contributed by atoms with Crippen LogP contribution in [0.1, 0.15) is 37.0 Å². The van der Waals surface area contributed by atoms with Gasteiger partial charge in [-0.3, -0.25) is 9.59 Å². The average Bonchev–Trinajstić information content (AvgIpc) is 2.89. The summed E-state index contributed by atoms with van der Waals surface area (Å²) in [5.74, 6) is 0.245. The minimum atomic E-state index is -0.758. The molecule has 0 heterocycles. The Morgan fingerprint density at radius 1 is 0.921 bits per heavy atom. The Morgan fingerprint density at radius 3 is 2.24 bits per heavy atom. The fourth-order valence-corrected chi connectivity index (χ4v) is 5.80. The molecule has 2 atom stereocenters. The molecule has 0 aliphatic rings. The van der Waals surface area contributed by atoms with Gasteiger partial charge >= 0.3 is 0 Å². The molecule has 9 heteroatoms. The molecule has 2 amide bonds. The van der Waals surface area contributed by atoms with Crippen molar-refractivity contribution in [1.82, 2.24) is 10.2 Å². The summed E-state index contributed by atoms with van der Waals surface area (Å²) in [6.07, 6.45) is 1.12. The normalized spacial score (nSPS) is 12.6. The molecule has 3 aromatic carbocycles. The van der Waals surface area contributed by atoms with E-state index in [0.29, 0.717) is 37.8 Å². The highest BCUT2D eigenvalue weighted by atomic mass is 35.5. The Kier molecular flexibility index (Phi) is 12.1. The molecule has 0 saturated heterocycles. The number of carbonyl (C=O) groups excluding carboxylic acids is 2. The summed E-state index contributed by atoms with van der Waals surface area (Å²) in [5.41, 5.74) is 2.43. The molecule has 0 unspecified atom stereocenters. The zero-order valence-corrected chi connectivity index (χ0v) is 25.1. The Bertz CT molecular complexity index is 1220. The van der Waals surface area contributed by atoms with Crippen molar-refractivity contribution in [2.24, 2.45) is 0 Å². The summed E-state index contributed by atoms with van der Waals surface area (Å²) in [6.45, 7) is 4.05. The maximum atomic E-state index is 13.8. The zero-order chi connectivity index (χ0) is 27.7. The maximum absolute atomic E-state index is 13.8. The molecule has 0 fully saturated rings. The summed E-state index contributed by atoms with van der Waals surface area (Å²) < 4.78 is 0. The van der Waals surface area contributed by atoms with Crippen LogP contribution in [0.25, 0.3) is 0 Å². The fraction of sp³-hybridized carbons (Fsp3) is 0.310. The van der Waals surface area contributed by atoms with Crippen LogP contribution in [-0.2, 0) is 28.3 Å². The highest BCUT2D eigenvalue weighted by Gasteiger charge is 2.31. The van der Waals surface area contributed by atoms with Crippen molar-refractivity contribution in [2.45, 2.75) is 51.1 Å². The van der Waals surface area contributed by atoms with Crippen LogP contribution >= 0.6 is 58.2 Å². The van der Waals surface area contributed by atoms with Crippen molar-refractivity contribution in [3.8, 4) is 0 Å². The van der Waals surface area contributed by atoms with Gasteiger partial charge in [0.15, 0.2) is 0 Å². The van der Waals surface area contributed by atoms with Gasteiger partial charge in [-0.15, -0.1) is 11.8 Å². The van der Waals surface area contributed by atoms with Crippen molar-refractivity contribution in [1.29, 1.82) is 0 Å². The van der Waals surface area contributed by atoms with Crippen molar-refractivity contribution >= 4 is 70.0 Å². The van der Waals surface area contributed by atoms with Gasteiger partial charge in [0.05, 0.1) is 5.75 Å². The molecule has 38 heavy (non-hydrogen) atoms. The van der Waals surface area contributed by atoms with Gasteiger partial charge in [-0.2, -0.15) is 0 Å². The van der Waals surface area contributed by atoms with Gasteiger partial charge in [-0.05, 0) is 48.7 Å². The lowest BCUT2D eigenvalue weighted by Gasteiger charge is -2.32. The van der Waals surface area contributed by atoms with Crippen molar-refractivity contribution in [2.75, 3.05) is 5.75 Å². The first-order valence-corrected chi connectivity index (χ1v) is 14.9. The number of hydrogen-bond donors (Lipinski definition) is 1. The lowest BCUT2D eigenvalue weighted by molar-refractivity contribution is -0.139. The highest BCUT2D eigenvalue weighted by molar-refractivity contribution is 7.99. The zero-order valence-electron chi connectivity index (χ0n) is 21.2. The van der Waals surface area contributed by atoms with E-state index in [2.05, 4.69) is 5.32 Å². The monoisotopic (exact) mass is 610 g/mol. The average molecular weight is 612 g/mol. The van der Waals surface area contributed by atoms with Gasteiger partial charge in [0, 0.05) is 50.4 Å². The predicted octanol–water partition coefficient (Wildman–Crippen LogP) is 8.09. The van der Waals surface area contributed by atoms with Gasteiger partial charge in [0.2, 0.25) is 11.8 Å². The number of thioether (sulfide) groups is 1. The van der Waals surface area contributed by atoms with E-state index in [-0.39, 0.29) is 30.2 Å². The summed E-state index contributed by atoms with van der Waals surface area (Å²) >= 11 is 26.7. The molecule has 3 aromatic rings. The summed E-state index contributed by atoms with van der Waals surface area (Å²) in [5, 5.41) is 5.04. The number of nitrogens with one attached hydrogen (secondary N) is 1. The second kappa shape index (κ2) is 15.0. The SMILES string of the molecule is CC[C@H](C)NC(=O)[C@@H](Cc1ccccc1)N(Cc1c(Cl)cccc1Cl)C(=O)CSCc1ccc(Cl)cc1Cl. The minimum Gasteiger partial charge on any atom is -0.352 e. The second-order valence-corrected chi connectivity index (χ2v) is 11.6. The van der Waals surface area contributed by atoms with E-state index < -0.39 is 6.04 Å². The number of amides is 2. The molecular weight excluding hydrogens is 582 g/mol. The summed E-state index contributed by atoms with van der Waals surface area (Å²) in [6, 6.07) is 19.4. The van der Waals surface area contributed by atoms with Gasteiger partial charge < -0.3 is 10.2 Å². The number of hydrogen-bond acceptors (Lipinski definition) is 3. The highest BCUT2D eigenvalue weighted by Crippen LogP contribution is 2.29. The van der Waals surface area contributed by atoms with Gasteiger partial charge in [-0.25, -0.2) is 0 Å². The maximum Gasteiger partial charge on any atom is 0.243 e. The van der Waals surface area contributed by atoms with E-state index >= 15 is 0 Å². The summed E-state index contributed by atoms with van der Waals surface area (Å²) in [7, 11) is 0. The molecule has 0 aliphatic carbocycles. The van der Waals surface area contributed by atoms with Gasteiger partial charge in [0.1, 0.15) is 6.04 Å². The Hall–Kier alpha value is -1.89. The van der Waals surface area contributed by atoms with Crippen LogP contribution in [0.3, 0.4) is 0 Å². The van der Waals surface area contributed by atoms with Crippen LogP contribution in [0, 0.1) is 0 Å². The third-order valence-electron chi connectivity index (χ3n) is 6.16. The molecular formula is C29H30Cl4N2O2S. The van der Waals surface area contributed by atoms with E-state index in [1.165, 1.54) is 11.8 Å². The topological polar surface area (TPSA) is 49.4 Å². The first-order chi connectivity index (χ1) is 18.2. The standard InChI is InChI=1S/C29H30Cl4N2O2S/c1-3-19(2)34-29(37)27(14-20-8-5-4-6-9-20)35(16-23-24(31)10-7-11-25(23)32)28(36)18-38-17-21-12-13-22(30)15-26(21)33/h4-13,15,19,27H,3,14,16-18H2,1-2H3,(H,34,37)/t19-,27+/m0/s1. The first-order valence-electron chi connectivity index (χ1n) is 12.3. The molecule has 4 nitrogen and oxygen atoms in total. The number of halogens is 4. The first kappa shape index (κ1) is 30.6. The Morgan fingerprint density at radius 2 is 1.61 bits per heavy atom. The number of rotatable bonds is 12. The van der Waals surface area contributed by atoms with Gasteiger partial charge in [0.25, 0.3) is 0 Å². The van der Waals surface area contributed by atoms with E-state index in [9.17, 15) is 9.59 Å². The molecule has 1 N–H and O–H groups in total. The third-order valence-corrected chi connectivity index (χ3v) is 8.42. The van der Waals surface area contributed by atoms with Crippen molar-refractivity contribution in [3.05, 3.63) is 104 Å². The van der Waals surface area contributed by atoms with E-state index in [1.54, 1.807) is 35.2 Å². The number of nitrogens with zero attached hydrogens (tertiary/aromatic N) is 1. The molecule has 3 rings (SSSR count). The van der Waals surface area contributed by atoms with Gasteiger partial charge in [-0.1, -0.05) is 95.8 Å². The molecule has 0 aromatic heterocycles.